The van der Waals surface area contributed by atoms with Crippen LogP contribution in [0.3, 0.4) is 0 Å². The maximum absolute atomic E-state index is 9.69. The molecular weight excluding hydrogens is 418 g/mol. The molecule has 0 saturated heterocycles. The Morgan fingerprint density at radius 1 is 1.29 bits per heavy atom. The van der Waals surface area contributed by atoms with Crippen LogP contribution in [0.4, 0.5) is 0 Å². The van der Waals surface area contributed by atoms with E-state index in [1.54, 1.807) is 12.2 Å². The van der Waals surface area contributed by atoms with Gasteiger partial charge in [0, 0.05) is 4.47 Å². The van der Waals surface area contributed by atoms with E-state index in [1.807, 2.05) is 44.2 Å². The quantitative estimate of drug-likeness (QED) is 0.382. The first-order chi connectivity index (χ1) is 13.5. The normalized spacial score (nSPS) is 11.3. The average Bonchev–Trinajstić information content (AvgIpc) is 3.09. The van der Waals surface area contributed by atoms with Crippen LogP contribution in [0.5, 0.6) is 11.5 Å². The summed E-state index contributed by atoms with van der Waals surface area (Å²) >= 11 is 3.55. The lowest BCUT2D eigenvalue weighted by Crippen LogP contribution is -1.99. The summed E-state index contributed by atoms with van der Waals surface area (Å²) in [6, 6.07) is 11.8. The smallest absolute Gasteiger partial charge is 0.162 e. The Bertz CT molecular complexity index is 1090. The molecule has 1 N–H and O–H groups in total. The van der Waals surface area contributed by atoms with Crippen molar-refractivity contribution in [3.63, 3.8) is 0 Å². The number of nitriles is 1. The van der Waals surface area contributed by atoms with E-state index < -0.39 is 0 Å². The van der Waals surface area contributed by atoms with Crippen molar-refractivity contribution in [1.29, 1.82) is 5.26 Å². The van der Waals surface area contributed by atoms with Crippen molar-refractivity contribution in [2.45, 2.75) is 13.8 Å². The number of benzene rings is 2. The molecule has 0 bridgehead atoms. The number of nitrogens with zero attached hydrogens (tertiary/aromatic N) is 2. The first-order valence-electron chi connectivity index (χ1n) is 8.84. The van der Waals surface area contributed by atoms with Crippen molar-refractivity contribution in [1.82, 2.24) is 9.97 Å². The van der Waals surface area contributed by atoms with Crippen LogP contribution >= 0.6 is 15.9 Å². The molecule has 0 saturated carbocycles. The van der Waals surface area contributed by atoms with E-state index in [-0.39, 0.29) is 0 Å². The Kier molecular flexibility index (Phi) is 6.17. The first-order valence-corrected chi connectivity index (χ1v) is 9.63. The second-order valence-electron chi connectivity index (χ2n) is 6.13. The Hall–Kier alpha value is -3.04. The summed E-state index contributed by atoms with van der Waals surface area (Å²) in [6.07, 6.45) is 3.45. The van der Waals surface area contributed by atoms with Crippen LogP contribution in [0, 0.1) is 18.3 Å². The fourth-order valence-corrected chi connectivity index (χ4v) is 3.19. The molecule has 0 aliphatic carbocycles. The van der Waals surface area contributed by atoms with Gasteiger partial charge < -0.3 is 14.5 Å². The monoisotopic (exact) mass is 437 g/mol. The average molecular weight is 438 g/mol. The topological polar surface area (TPSA) is 70.9 Å². The van der Waals surface area contributed by atoms with Crippen LogP contribution in [0.25, 0.3) is 22.7 Å². The molecule has 0 aliphatic heterocycles. The fraction of sp³-hybridized carbons (Fsp3) is 0.182. The summed E-state index contributed by atoms with van der Waals surface area (Å²) in [6.45, 7) is 8.47. The molecule has 1 aromatic heterocycles. The van der Waals surface area contributed by atoms with Crippen LogP contribution in [-0.2, 0) is 0 Å². The Morgan fingerprint density at radius 2 is 2.07 bits per heavy atom. The number of rotatable bonds is 7. The number of fused-ring (bicyclic) bond motifs is 1. The van der Waals surface area contributed by atoms with Crippen molar-refractivity contribution in [3.05, 3.63) is 64.4 Å². The zero-order valence-electron chi connectivity index (χ0n) is 15.8. The molecule has 0 aliphatic rings. The second kappa shape index (κ2) is 8.77. The Balaban J connectivity index is 2.04. The molecule has 0 fully saturated rings. The largest absolute Gasteiger partial charge is 0.490 e. The molecule has 0 spiro atoms. The highest BCUT2D eigenvalue weighted by atomic mass is 79.9. The van der Waals surface area contributed by atoms with Crippen molar-refractivity contribution >= 4 is 38.6 Å². The van der Waals surface area contributed by atoms with Crippen molar-refractivity contribution < 1.29 is 9.47 Å². The minimum Gasteiger partial charge on any atom is -0.490 e. The summed E-state index contributed by atoms with van der Waals surface area (Å²) in [4.78, 5) is 7.76. The second-order valence-corrected chi connectivity index (χ2v) is 6.98. The van der Waals surface area contributed by atoms with Gasteiger partial charge in [0.05, 0.1) is 23.2 Å². The molecule has 0 atom stereocenters. The molecule has 1 heterocycles. The number of aromatic amines is 1. The van der Waals surface area contributed by atoms with E-state index in [0.717, 1.165) is 26.6 Å². The number of aryl methyl sites for hydroxylation is 1. The maximum atomic E-state index is 9.69. The lowest BCUT2D eigenvalue weighted by atomic mass is 10.1. The predicted octanol–water partition coefficient (Wildman–Crippen LogP) is 5.66. The van der Waals surface area contributed by atoms with E-state index >= 15 is 0 Å². The van der Waals surface area contributed by atoms with E-state index in [9.17, 15) is 5.26 Å². The summed E-state index contributed by atoms with van der Waals surface area (Å²) in [5.74, 6) is 1.75. The standard InChI is InChI=1S/C22H20BrN3O2/c1-4-8-28-21-12-17(23)15(11-20(21)27-5-2)10-16(13-24)22-25-18-7-6-14(3)9-19(18)26-22/h4,6-7,9-12H,1,5,8H2,2-3H3,(H,25,26)/b16-10-. The number of halogens is 1. The summed E-state index contributed by atoms with van der Waals surface area (Å²) in [7, 11) is 0. The van der Waals surface area contributed by atoms with E-state index in [4.69, 9.17) is 9.47 Å². The number of imidazole rings is 1. The molecule has 142 valence electrons. The Labute approximate surface area is 172 Å². The van der Waals surface area contributed by atoms with Gasteiger partial charge in [-0.05, 0) is 55.3 Å². The van der Waals surface area contributed by atoms with Crippen LogP contribution < -0.4 is 9.47 Å². The molecule has 28 heavy (non-hydrogen) atoms. The summed E-state index contributed by atoms with van der Waals surface area (Å²) in [5.41, 5.74) is 4.08. The predicted molar refractivity (Wildman–Crippen MR) is 115 cm³/mol. The van der Waals surface area contributed by atoms with Gasteiger partial charge in [-0.3, -0.25) is 0 Å². The highest BCUT2D eigenvalue weighted by Crippen LogP contribution is 2.35. The van der Waals surface area contributed by atoms with E-state index in [1.165, 1.54) is 0 Å². The summed E-state index contributed by atoms with van der Waals surface area (Å²) < 4.78 is 12.1. The van der Waals surface area contributed by atoms with Crippen molar-refractivity contribution in [2.24, 2.45) is 0 Å². The van der Waals surface area contributed by atoms with Crippen LogP contribution in [0.15, 0.2) is 47.5 Å². The molecular formula is C22H20BrN3O2. The fourth-order valence-electron chi connectivity index (χ4n) is 2.75. The number of hydrogen-bond acceptors (Lipinski definition) is 4. The minimum absolute atomic E-state index is 0.379. The highest BCUT2D eigenvalue weighted by molar-refractivity contribution is 9.10. The number of nitrogens with one attached hydrogen (secondary N) is 1. The molecule has 0 amide bonds. The van der Waals surface area contributed by atoms with Gasteiger partial charge in [-0.25, -0.2) is 4.98 Å². The van der Waals surface area contributed by atoms with Gasteiger partial charge in [0.1, 0.15) is 18.5 Å². The number of ether oxygens (including phenoxy) is 2. The first kappa shape index (κ1) is 19.7. The van der Waals surface area contributed by atoms with Gasteiger partial charge in [0.25, 0.3) is 0 Å². The SMILES string of the molecule is C=CCOc1cc(Br)c(/C=C(/C#N)c2nc3ccc(C)cc3[nH]2)cc1OCC. The van der Waals surface area contributed by atoms with Gasteiger partial charge in [-0.2, -0.15) is 5.26 Å². The molecule has 6 heteroatoms. The lowest BCUT2D eigenvalue weighted by molar-refractivity contribution is 0.296. The molecule has 2 aromatic carbocycles. The molecule has 3 rings (SSSR count). The molecule has 5 nitrogen and oxygen atoms in total. The zero-order valence-corrected chi connectivity index (χ0v) is 17.3. The number of hydrogen-bond donors (Lipinski definition) is 1. The zero-order chi connectivity index (χ0) is 20.1. The van der Waals surface area contributed by atoms with Crippen molar-refractivity contribution in [2.75, 3.05) is 13.2 Å². The molecule has 0 radical (unpaired) electrons. The number of allylic oxidation sites excluding steroid dienone is 1. The van der Waals surface area contributed by atoms with Gasteiger partial charge in [0.2, 0.25) is 0 Å². The van der Waals surface area contributed by atoms with Crippen LogP contribution in [0.1, 0.15) is 23.9 Å². The van der Waals surface area contributed by atoms with Gasteiger partial charge in [-0.1, -0.05) is 34.7 Å². The molecule has 0 unspecified atom stereocenters. The number of H-pyrrole nitrogens is 1. The number of aromatic nitrogens is 2. The van der Waals surface area contributed by atoms with Crippen molar-refractivity contribution in [3.8, 4) is 17.6 Å². The van der Waals surface area contributed by atoms with Crippen LogP contribution in [0.2, 0.25) is 0 Å². The van der Waals surface area contributed by atoms with Crippen LogP contribution in [-0.4, -0.2) is 23.2 Å². The van der Waals surface area contributed by atoms with Gasteiger partial charge >= 0.3 is 0 Å². The highest BCUT2D eigenvalue weighted by Gasteiger charge is 2.13. The molecule has 3 aromatic rings. The minimum atomic E-state index is 0.379. The third kappa shape index (κ3) is 4.26. The third-order valence-corrected chi connectivity index (χ3v) is 4.72. The van der Waals surface area contributed by atoms with Gasteiger partial charge in [-0.15, -0.1) is 0 Å². The third-order valence-electron chi connectivity index (χ3n) is 4.03. The van der Waals surface area contributed by atoms with Gasteiger partial charge in [0.15, 0.2) is 11.5 Å². The Morgan fingerprint density at radius 3 is 2.79 bits per heavy atom. The van der Waals surface area contributed by atoms with E-state index in [0.29, 0.717) is 36.1 Å². The summed E-state index contributed by atoms with van der Waals surface area (Å²) in [5, 5.41) is 9.69. The maximum Gasteiger partial charge on any atom is 0.162 e. The van der Waals surface area contributed by atoms with E-state index in [2.05, 4.69) is 38.5 Å². The lowest BCUT2D eigenvalue weighted by Gasteiger charge is -2.13.